The van der Waals surface area contributed by atoms with Crippen LogP contribution in [0, 0.1) is 18.3 Å². The Labute approximate surface area is 120 Å². The van der Waals surface area contributed by atoms with E-state index in [4.69, 9.17) is 19.5 Å². The van der Waals surface area contributed by atoms with Crippen molar-refractivity contribution in [1.29, 1.82) is 5.26 Å². The fraction of sp³-hybridized carbons (Fsp3) is 0.562. The Balaban J connectivity index is 2.08. The van der Waals surface area contributed by atoms with E-state index in [1.807, 2.05) is 32.9 Å². The molecule has 1 heterocycles. The quantitative estimate of drug-likeness (QED) is 0.847. The fourth-order valence-electron chi connectivity index (χ4n) is 2.40. The highest BCUT2D eigenvalue weighted by atomic mass is 16.7. The summed E-state index contributed by atoms with van der Waals surface area (Å²) in [6, 6.07) is 5.92. The van der Waals surface area contributed by atoms with Crippen LogP contribution in [0.4, 0.5) is 0 Å². The van der Waals surface area contributed by atoms with Gasteiger partial charge in [-0.1, -0.05) is 6.92 Å². The Bertz CT molecular complexity index is 531. The van der Waals surface area contributed by atoms with E-state index in [2.05, 4.69) is 13.0 Å². The summed E-state index contributed by atoms with van der Waals surface area (Å²) in [5.41, 5.74) is 2.71. The molecule has 1 fully saturated rings. The molecule has 0 amide bonds. The van der Waals surface area contributed by atoms with Crippen LogP contribution < -0.4 is 4.74 Å². The van der Waals surface area contributed by atoms with Crippen LogP contribution in [0.3, 0.4) is 0 Å². The zero-order valence-corrected chi connectivity index (χ0v) is 12.5. The molecule has 4 nitrogen and oxygen atoms in total. The van der Waals surface area contributed by atoms with E-state index in [1.165, 1.54) is 0 Å². The maximum Gasteiger partial charge on any atom is 0.163 e. The molecular weight excluding hydrogens is 254 g/mol. The lowest BCUT2D eigenvalue weighted by atomic mass is 10.0. The monoisotopic (exact) mass is 275 g/mol. The summed E-state index contributed by atoms with van der Waals surface area (Å²) in [4.78, 5) is 0. The number of hydrogen-bond donors (Lipinski definition) is 0. The van der Waals surface area contributed by atoms with Gasteiger partial charge in [-0.05, 0) is 50.5 Å². The first-order valence-electron chi connectivity index (χ1n) is 6.93. The average Bonchev–Trinajstić information content (AvgIpc) is 2.76. The van der Waals surface area contributed by atoms with Crippen molar-refractivity contribution in [2.24, 2.45) is 0 Å². The molecule has 108 valence electrons. The van der Waals surface area contributed by atoms with Crippen molar-refractivity contribution >= 4 is 0 Å². The predicted octanol–water partition coefficient (Wildman–Crippen LogP) is 2.96. The molecule has 0 radical (unpaired) electrons. The smallest absolute Gasteiger partial charge is 0.163 e. The van der Waals surface area contributed by atoms with Gasteiger partial charge in [0.15, 0.2) is 5.79 Å². The molecule has 0 spiro atoms. The van der Waals surface area contributed by atoms with E-state index in [9.17, 15) is 0 Å². The normalized spacial score (nSPS) is 20.6. The molecule has 1 unspecified atom stereocenters. The van der Waals surface area contributed by atoms with Gasteiger partial charge in [-0.3, -0.25) is 0 Å². The van der Waals surface area contributed by atoms with Crippen molar-refractivity contribution in [2.75, 3.05) is 13.2 Å². The molecule has 0 aliphatic carbocycles. The Morgan fingerprint density at radius 2 is 2.20 bits per heavy atom. The Morgan fingerprint density at radius 3 is 2.75 bits per heavy atom. The van der Waals surface area contributed by atoms with Crippen LogP contribution in [0.25, 0.3) is 0 Å². The van der Waals surface area contributed by atoms with E-state index in [-0.39, 0.29) is 6.10 Å². The van der Waals surface area contributed by atoms with E-state index in [0.717, 1.165) is 23.3 Å². The van der Waals surface area contributed by atoms with E-state index >= 15 is 0 Å². The van der Waals surface area contributed by atoms with Crippen LogP contribution in [-0.4, -0.2) is 25.1 Å². The number of nitrogens with zero attached hydrogens (tertiary/aromatic N) is 1. The molecule has 2 rings (SSSR count). The Hall–Kier alpha value is -1.57. The second kappa shape index (κ2) is 5.82. The van der Waals surface area contributed by atoms with Crippen molar-refractivity contribution in [3.8, 4) is 11.8 Å². The lowest BCUT2D eigenvalue weighted by molar-refractivity contribution is -0.141. The minimum atomic E-state index is -0.526. The molecule has 1 aliphatic heterocycles. The topological polar surface area (TPSA) is 51.5 Å². The van der Waals surface area contributed by atoms with Crippen LogP contribution in [0.5, 0.6) is 5.75 Å². The maximum atomic E-state index is 9.01. The van der Waals surface area contributed by atoms with Crippen LogP contribution in [-0.2, 0) is 15.9 Å². The van der Waals surface area contributed by atoms with E-state index in [1.54, 1.807) is 0 Å². The molecule has 1 saturated heterocycles. The molecule has 1 aliphatic rings. The van der Waals surface area contributed by atoms with E-state index in [0.29, 0.717) is 18.8 Å². The Morgan fingerprint density at radius 1 is 1.45 bits per heavy atom. The molecule has 1 atom stereocenters. The third-order valence-corrected chi connectivity index (χ3v) is 3.34. The highest BCUT2D eigenvalue weighted by Crippen LogP contribution is 2.28. The number of hydrogen-bond acceptors (Lipinski definition) is 4. The van der Waals surface area contributed by atoms with Gasteiger partial charge >= 0.3 is 0 Å². The summed E-state index contributed by atoms with van der Waals surface area (Å²) in [7, 11) is 0. The van der Waals surface area contributed by atoms with Gasteiger partial charge in [0.2, 0.25) is 0 Å². The second-order valence-electron chi connectivity index (χ2n) is 5.51. The molecule has 20 heavy (non-hydrogen) atoms. The fourth-order valence-corrected chi connectivity index (χ4v) is 2.40. The summed E-state index contributed by atoms with van der Waals surface area (Å²) in [6.07, 6.45) is 0.781. The number of ether oxygens (including phenoxy) is 3. The van der Waals surface area contributed by atoms with Gasteiger partial charge in [0.05, 0.1) is 18.2 Å². The summed E-state index contributed by atoms with van der Waals surface area (Å²) >= 11 is 0. The lowest BCUT2D eigenvalue weighted by Crippen LogP contribution is -2.25. The number of aryl methyl sites for hydroxylation is 2. The molecule has 0 bridgehead atoms. The second-order valence-corrected chi connectivity index (χ2v) is 5.51. The van der Waals surface area contributed by atoms with Crippen molar-refractivity contribution in [2.45, 2.75) is 46.0 Å². The maximum absolute atomic E-state index is 9.01. The van der Waals surface area contributed by atoms with Crippen LogP contribution in [0.1, 0.15) is 37.5 Å². The van der Waals surface area contributed by atoms with Gasteiger partial charge in [0.1, 0.15) is 18.5 Å². The zero-order valence-electron chi connectivity index (χ0n) is 12.5. The summed E-state index contributed by atoms with van der Waals surface area (Å²) in [5.74, 6) is 0.334. The minimum absolute atomic E-state index is 0.0512. The number of nitriles is 1. The molecule has 0 saturated carbocycles. The SMILES string of the molecule is CCc1cc(C#N)cc(C)c1OCC1COC(C)(C)O1. The average molecular weight is 275 g/mol. The van der Waals surface area contributed by atoms with Gasteiger partial charge in [-0.2, -0.15) is 5.26 Å². The highest BCUT2D eigenvalue weighted by Gasteiger charge is 2.33. The minimum Gasteiger partial charge on any atom is -0.490 e. The molecule has 1 aromatic rings. The van der Waals surface area contributed by atoms with Gasteiger partial charge in [-0.25, -0.2) is 0 Å². The molecule has 0 N–H and O–H groups in total. The van der Waals surface area contributed by atoms with Gasteiger partial charge in [-0.15, -0.1) is 0 Å². The zero-order chi connectivity index (χ0) is 14.8. The third-order valence-electron chi connectivity index (χ3n) is 3.34. The first kappa shape index (κ1) is 14.8. The van der Waals surface area contributed by atoms with Crippen molar-refractivity contribution in [3.63, 3.8) is 0 Å². The molecule has 0 aromatic heterocycles. The first-order chi connectivity index (χ1) is 9.45. The van der Waals surface area contributed by atoms with Gasteiger partial charge < -0.3 is 14.2 Å². The number of benzene rings is 1. The highest BCUT2D eigenvalue weighted by molar-refractivity contribution is 5.47. The summed E-state index contributed by atoms with van der Waals surface area (Å²) in [6.45, 7) is 8.83. The van der Waals surface area contributed by atoms with E-state index < -0.39 is 5.79 Å². The van der Waals surface area contributed by atoms with Crippen molar-refractivity contribution < 1.29 is 14.2 Å². The predicted molar refractivity (Wildman–Crippen MR) is 75.7 cm³/mol. The molecule has 1 aromatic carbocycles. The molecule has 4 heteroatoms. The third kappa shape index (κ3) is 3.30. The van der Waals surface area contributed by atoms with Gasteiger partial charge in [0.25, 0.3) is 0 Å². The molecular formula is C16H21NO3. The van der Waals surface area contributed by atoms with Crippen LogP contribution >= 0.6 is 0 Å². The summed E-state index contributed by atoms with van der Waals surface area (Å²) in [5, 5.41) is 9.01. The van der Waals surface area contributed by atoms with Crippen molar-refractivity contribution in [1.82, 2.24) is 0 Å². The van der Waals surface area contributed by atoms with Crippen LogP contribution in [0.2, 0.25) is 0 Å². The van der Waals surface area contributed by atoms with Crippen molar-refractivity contribution in [3.05, 3.63) is 28.8 Å². The lowest BCUT2D eigenvalue weighted by Gasteiger charge is -2.19. The largest absolute Gasteiger partial charge is 0.490 e. The standard InChI is InChI=1S/C16H21NO3/c1-5-13-7-12(8-17)6-11(2)15(13)18-9-14-10-19-16(3,4)20-14/h6-7,14H,5,9-10H2,1-4H3. The Kier molecular flexibility index (Phi) is 4.32. The first-order valence-corrected chi connectivity index (χ1v) is 6.93. The number of rotatable bonds is 4. The summed E-state index contributed by atoms with van der Waals surface area (Å²) < 4.78 is 17.2. The van der Waals surface area contributed by atoms with Gasteiger partial charge in [0, 0.05) is 0 Å². The van der Waals surface area contributed by atoms with Crippen LogP contribution in [0.15, 0.2) is 12.1 Å².